The maximum absolute atomic E-state index is 6.23. The molecule has 3 nitrogen and oxygen atoms in total. The minimum atomic E-state index is 0.597. The quantitative estimate of drug-likeness (QED) is 0.702. The highest BCUT2D eigenvalue weighted by Gasteiger charge is 2.14. The van der Waals surface area contributed by atoms with E-state index < -0.39 is 0 Å². The van der Waals surface area contributed by atoms with Crippen LogP contribution in [0.5, 0.6) is 0 Å². The van der Waals surface area contributed by atoms with Crippen molar-refractivity contribution in [2.45, 2.75) is 19.8 Å². The van der Waals surface area contributed by atoms with Crippen LogP contribution in [-0.4, -0.2) is 17.0 Å². The summed E-state index contributed by atoms with van der Waals surface area (Å²) in [6, 6.07) is 5.31. The summed E-state index contributed by atoms with van der Waals surface area (Å²) < 4.78 is 1.05. The Labute approximate surface area is 142 Å². The second-order valence-corrected chi connectivity index (χ2v) is 6.20. The highest BCUT2D eigenvalue weighted by Crippen LogP contribution is 2.31. The number of rotatable bonds is 4. The van der Waals surface area contributed by atoms with Crippen molar-refractivity contribution in [3.8, 4) is 11.4 Å². The Kier molecular flexibility index (Phi) is 5.46. The Hall–Kier alpha value is -0.590. The van der Waals surface area contributed by atoms with Crippen molar-refractivity contribution in [2.24, 2.45) is 0 Å². The van der Waals surface area contributed by atoms with Crippen molar-refractivity contribution in [3.05, 3.63) is 37.5 Å². The summed E-state index contributed by atoms with van der Waals surface area (Å²) in [6.07, 6.45) is 1.93. The molecule has 106 valence electrons. The molecule has 0 aliphatic rings. The van der Waals surface area contributed by atoms with Gasteiger partial charge in [-0.05, 0) is 47.2 Å². The predicted octanol–water partition coefficient (Wildman–Crippen LogP) is 5.05. The van der Waals surface area contributed by atoms with Crippen LogP contribution in [0.25, 0.3) is 11.4 Å². The first-order chi connectivity index (χ1) is 9.56. The SMILES string of the molecule is CCCc1nc(-c2cc(Cl)ccc2Cl)nc(NC)c1I. The number of aryl methyl sites for hydroxylation is 1. The summed E-state index contributed by atoms with van der Waals surface area (Å²) in [6.45, 7) is 2.13. The van der Waals surface area contributed by atoms with E-state index >= 15 is 0 Å². The van der Waals surface area contributed by atoms with E-state index in [1.807, 2.05) is 7.05 Å². The van der Waals surface area contributed by atoms with E-state index in [1.165, 1.54) is 0 Å². The van der Waals surface area contributed by atoms with Gasteiger partial charge in [0.1, 0.15) is 5.82 Å². The van der Waals surface area contributed by atoms with Crippen molar-refractivity contribution in [1.29, 1.82) is 0 Å². The fourth-order valence-electron chi connectivity index (χ4n) is 1.85. The molecule has 0 fully saturated rings. The monoisotopic (exact) mass is 421 g/mol. The molecule has 0 spiro atoms. The number of halogens is 3. The Morgan fingerprint density at radius 3 is 2.65 bits per heavy atom. The lowest BCUT2D eigenvalue weighted by Crippen LogP contribution is -2.05. The smallest absolute Gasteiger partial charge is 0.163 e. The Bertz CT molecular complexity index is 632. The number of nitrogens with one attached hydrogen (secondary N) is 1. The van der Waals surface area contributed by atoms with Crippen LogP contribution < -0.4 is 5.32 Å². The zero-order valence-corrected chi connectivity index (χ0v) is 14.8. The third kappa shape index (κ3) is 3.35. The zero-order valence-electron chi connectivity index (χ0n) is 11.2. The Balaban J connectivity index is 2.61. The van der Waals surface area contributed by atoms with E-state index in [0.29, 0.717) is 15.9 Å². The number of hydrogen-bond acceptors (Lipinski definition) is 3. The molecule has 0 aliphatic carbocycles. The lowest BCUT2D eigenvalue weighted by molar-refractivity contribution is 0.868. The summed E-state index contributed by atoms with van der Waals surface area (Å²) in [5.74, 6) is 1.42. The van der Waals surface area contributed by atoms with Gasteiger partial charge in [-0.3, -0.25) is 0 Å². The number of nitrogens with zero attached hydrogens (tertiary/aromatic N) is 2. The van der Waals surface area contributed by atoms with Gasteiger partial charge in [-0.1, -0.05) is 36.5 Å². The number of hydrogen-bond donors (Lipinski definition) is 1. The molecule has 1 aromatic heterocycles. The third-order valence-electron chi connectivity index (χ3n) is 2.81. The van der Waals surface area contributed by atoms with Crippen LogP contribution in [0.4, 0.5) is 5.82 Å². The van der Waals surface area contributed by atoms with Crippen molar-refractivity contribution in [1.82, 2.24) is 9.97 Å². The van der Waals surface area contributed by atoms with E-state index in [-0.39, 0.29) is 0 Å². The Morgan fingerprint density at radius 2 is 2.00 bits per heavy atom. The summed E-state index contributed by atoms with van der Waals surface area (Å²) in [7, 11) is 1.85. The largest absolute Gasteiger partial charge is 0.372 e. The molecular weight excluding hydrogens is 408 g/mol. The lowest BCUT2D eigenvalue weighted by Gasteiger charge is -2.11. The van der Waals surface area contributed by atoms with Gasteiger partial charge in [0.2, 0.25) is 0 Å². The normalized spacial score (nSPS) is 10.7. The summed E-state index contributed by atoms with van der Waals surface area (Å²) in [5.41, 5.74) is 1.78. The van der Waals surface area contributed by atoms with Crippen LogP contribution >= 0.6 is 45.8 Å². The average molecular weight is 422 g/mol. The first kappa shape index (κ1) is 15.8. The number of anilines is 1. The maximum Gasteiger partial charge on any atom is 0.163 e. The van der Waals surface area contributed by atoms with Crippen molar-refractivity contribution in [2.75, 3.05) is 12.4 Å². The van der Waals surface area contributed by atoms with Gasteiger partial charge in [0, 0.05) is 17.6 Å². The summed E-state index contributed by atoms with van der Waals surface area (Å²) in [5, 5.41) is 4.32. The molecule has 0 aliphatic heterocycles. The van der Waals surface area contributed by atoms with Crippen LogP contribution in [0.2, 0.25) is 10.0 Å². The molecule has 1 N–H and O–H groups in total. The van der Waals surface area contributed by atoms with Crippen molar-refractivity contribution >= 4 is 51.6 Å². The van der Waals surface area contributed by atoms with Gasteiger partial charge >= 0.3 is 0 Å². The highest BCUT2D eigenvalue weighted by atomic mass is 127. The van der Waals surface area contributed by atoms with E-state index in [9.17, 15) is 0 Å². The molecule has 0 radical (unpaired) electrons. The molecule has 0 saturated carbocycles. The standard InChI is InChI=1S/C14H14Cl2IN3/c1-3-4-11-12(17)14(18-2)20-13(19-11)9-7-8(15)5-6-10(9)16/h5-7H,3-4H2,1-2H3,(H,18,19,20). The molecule has 6 heteroatoms. The molecule has 20 heavy (non-hydrogen) atoms. The zero-order chi connectivity index (χ0) is 14.7. The van der Waals surface area contributed by atoms with E-state index in [2.05, 4.69) is 44.8 Å². The minimum Gasteiger partial charge on any atom is -0.372 e. The molecule has 0 bridgehead atoms. The van der Waals surface area contributed by atoms with Crippen LogP contribution in [0.3, 0.4) is 0 Å². The first-order valence-corrected chi connectivity index (χ1v) is 8.09. The Morgan fingerprint density at radius 1 is 1.25 bits per heavy atom. The fraction of sp³-hybridized carbons (Fsp3) is 0.286. The number of benzene rings is 1. The van der Waals surface area contributed by atoms with E-state index in [4.69, 9.17) is 23.2 Å². The predicted molar refractivity (Wildman–Crippen MR) is 93.7 cm³/mol. The molecule has 1 heterocycles. The van der Waals surface area contributed by atoms with Gasteiger partial charge in [0.05, 0.1) is 14.3 Å². The molecule has 2 rings (SSSR count). The lowest BCUT2D eigenvalue weighted by atomic mass is 10.2. The average Bonchev–Trinajstić information content (AvgIpc) is 2.44. The van der Waals surface area contributed by atoms with Gasteiger partial charge < -0.3 is 5.32 Å². The maximum atomic E-state index is 6.23. The van der Waals surface area contributed by atoms with Crippen LogP contribution in [-0.2, 0) is 6.42 Å². The van der Waals surface area contributed by atoms with Gasteiger partial charge in [-0.2, -0.15) is 0 Å². The van der Waals surface area contributed by atoms with Gasteiger partial charge in [-0.25, -0.2) is 9.97 Å². The van der Waals surface area contributed by atoms with Crippen molar-refractivity contribution < 1.29 is 0 Å². The molecular formula is C14H14Cl2IN3. The number of aromatic nitrogens is 2. The first-order valence-electron chi connectivity index (χ1n) is 6.26. The van der Waals surface area contributed by atoms with Crippen LogP contribution in [0, 0.1) is 3.57 Å². The van der Waals surface area contributed by atoms with E-state index in [0.717, 1.165) is 33.5 Å². The minimum absolute atomic E-state index is 0.597. The molecule has 0 saturated heterocycles. The molecule has 0 atom stereocenters. The van der Waals surface area contributed by atoms with Crippen LogP contribution in [0.1, 0.15) is 19.0 Å². The molecule has 1 aromatic carbocycles. The molecule has 0 amide bonds. The molecule has 0 unspecified atom stereocenters. The van der Waals surface area contributed by atoms with Gasteiger partial charge in [0.15, 0.2) is 5.82 Å². The summed E-state index contributed by atoms with van der Waals surface area (Å²) in [4.78, 5) is 9.17. The second-order valence-electron chi connectivity index (χ2n) is 4.28. The third-order valence-corrected chi connectivity index (χ3v) is 4.51. The highest BCUT2D eigenvalue weighted by molar-refractivity contribution is 14.1. The van der Waals surface area contributed by atoms with Gasteiger partial charge in [0.25, 0.3) is 0 Å². The van der Waals surface area contributed by atoms with E-state index in [1.54, 1.807) is 18.2 Å². The summed E-state index contributed by atoms with van der Waals surface area (Å²) >= 11 is 14.5. The molecule has 2 aromatic rings. The second kappa shape index (κ2) is 6.91. The van der Waals surface area contributed by atoms with Gasteiger partial charge in [-0.15, -0.1) is 0 Å². The topological polar surface area (TPSA) is 37.8 Å². The van der Waals surface area contributed by atoms with Crippen molar-refractivity contribution in [3.63, 3.8) is 0 Å². The fourth-order valence-corrected chi connectivity index (χ4v) is 3.01. The van der Waals surface area contributed by atoms with Crippen LogP contribution in [0.15, 0.2) is 18.2 Å².